The molecule has 0 aliphatic carbocycles. The first-order valence-electron chi connectivity index (χ1n) is 5.43. The minimum Gasteiger partial charge on any atom is -0.479 e. The monoisotopic (exact) mass is 265 g/mol. The maximum atomic E-state index is 10.8. The van der Waals surface area contributed by atoms with E-state index in [1.807, 2.05) is 6.92 Å². The van der Waals surface area contributed by atoms with E-state index in [0.717, 1.165) is 16.5 Å². The van der Waals surface area contributed by atoms with Gasteiger partial charge in [-0.15, -0.1) is 0 Å². The summed E-state index contributed by atoms with van der Waals surface area (Å²) in [6, 6.07) is 5.17. The summed E-state index contributed by atoms with van der Waals surface area (Å²) in [5.41, 5.74) is 1.68. The van der Waals surface area contributed by atoms with E-state index >= 15 is 0 Å². The number of benzene rings is 1. The van der Waals surface area contributed by atoms with Crippen LogP contribution in [0.5, 0.6) is 5.75 Å². The summed E-state index contributed by atoms with van der Waals surface area (Å²) in [5.74, 6) is -0.542. The van der Waals surface area contributed by atoms with Gasteiger partial charge in [0.2, 0.25) is 0 Å². The third-order valence-corrected chi connectivity index (χ3v) is 2.83. The SMILES string of the molecule is Cc1cc(Cl)cc2c(OC(C)C(=O)O)ccnc12. The summed E-state index contributed by atoms with van der Waals surface area (Å²) in [5, 5.41) is 10.1. The van der Waals surface area contributed by atoms with Crippen molar-refractivity contribution in [1.82, 2.24) is 4.98 Å². The molecular weight excluding hydrogens is 254 g/mol. The summed E-state index contributed by atoms with van der Waals surface area (Å²) >= 11 is 6.00. The Morgan fingerprint density at radius 2 is 2.22 bits per heavy atom. The normalized spacial score (nSPS) is 12.4. The molecule has 1 N–H and O–H groups in total. The predicted molar refractivity (Wildman–Crippen MR) is 69.2 cm³/mol. The van der Waals surface area contributed by atoms with E-state index in [4.69, 9.17) is 21.4 Å². The van der Waals surface area contributed by atoms with Crippen LogP contribution in [-0.4, -0.2) is 22.2 Å². The number of rotatable bonds is 3. The molecular formula is C13H12ClNO3. The average molecular weight is 266 g/mol. The van der Waals surface area contributed by atoms with E-state index in [0.29, 0.717) is 10.8 Å². The van der Waals surface area contributed by atoms with Gasteiger partial charge in [0.25, 0.3) is 0 Å². The van der Waals surface area contributed by atoms with Crippen molar-refractivity contribution >= 4 is 28.5 Å². The molecule has 0 radical (unpaired) electrons. The van der Waals surface area contributed by atoms with Crippen LogP contribution in [0.15, 0.2) is 24.4 Å². The number of fused-ring (bicyclic) bond motifs is 1. The Morgan fingerprint density at radius 3 is 2.89 bits per heavy atom. The van der Waals surface area contributed by atoms with Crippen LogP contribution in [0.1, 0.15) is 12.5 Å². The number of nitrogens with zero attached hydrogens (tertiary/aromatic N) is 1. The van der Waals surface area contributed by atoms with Gasteiger partial charge in [-0.2, -0.15) is 0 Å². The molecule has 0 aliphatic heterocycles. The molecule has 0 bridgehead atoms. The molecule has 94 valence electrons. The van der Waals surface area contributed by atoms with Crippen molar-refractivity contribution in [3.8, 4) is 5.75 Å². The first-order valence-corrected chi connectivity index (χ1v) is 5.81. The second-order valence-electron chi connectivity index (χ2n) is 4.03. The quantitative estimate of drug-likeness (QED) is 0.927. The highest BCUT2D eigenvalue weighted by Crippen LogP contribution is 2.29. The molecule has 2 rings (SSSR count). The van der Waals surface area contributed by atoms with E-state index in [2.05, 4.69) is 4.98 Å². The molecule has 1 aromatic carbocycles. The molecule has 4 nitrogen and oxygen atoms in total. The van der Waals surface area contributed by atoms with Crippen molar-refractivity contribution in [2.24, 2.45) is 0 Å². The van der Waals surface area contributed by atoms with Gasteiger partial charge in [-0.1, -0.05) is 11.6 Å². The van der Waals surface area contributed by atoms with E-state index < -0.39 is 12.1 Å². The van der Waals surface area contributed by atoms with Crippen LogP contribution >= 0.6 is 11.6 Å². The zero-order valence-corrected chi connectivity index (χ0v) is 10.7. The van der Waals surface area contributed by atoms with Crippen molar-refractivity contribution in [3.63, 3.8) is 0 Å². The van der Waals surface area contributed by atoms with Gasteiger partial charge in [-0.3, -0.25) is 4.98 Å². The number of carbonyl (C=O) groups is 1. The van der Waals surface area contributed by atoms with Crippen LogP contribution in [0.25, 0.3) is 10.9 Å². The molecule has 0 saturated carbocycles. The van der Waals surface area contributed by atoms with Crippen LogP contribution in [0.4, 0.5) is 0 Å². The number of aryl methyl sites for hydroxylation is 1. The fourth-order valence-electron chi connectivity index (χ4n) is 1.71. The van der Waals surface area contributed by atoms with Crippen LogP contribution in [0.3, 0.4) is 0 Å². The van der Waals surface area contributed by atoms with Gasteiger partial charge in [0, 0.05) is 16.6 Å². The molecule has 1 heterocycles. The van der Waals surface area contributed by atoms with Crippen molar-refractivity contribution in [2.75, 3.05) is 0 Å². The molecule has 0 fully saturated rings. The standard InChI is InChI=1S/C13H12ClNO3/c1-7-5-9(14)6-10-11(3-4-15-12(7)10)18-8(2)13(16)17/h3-6,8H,1-2H3,(H,16,17). The maximum Gasteiger partial charge on any atom is 0.344 e. The second-order valence-corrected chi connectivity index (χ2v) is 4.46. The van der Waals surface area contributed by atoms with E-state index in [-0.39, 0.29) is 0 Å². The summed E-state index contributed by atoms with van der Waals surface area (Å²) in [7, 11) is 0. The lowest BCUT2D eigenvalue weighted by atomic mass is 10.1. The van der Waals surface area contributed by atoms with Crippen molar-refractivity contribution in [3.05, 3.63) is 35.0 Å². The number of ether oxygens (including phenoxy) is 1. The number of halogens is 1. The van der Waals surface area contributed by atoms with Crippen molar-refractivity contribution in [1.29, 1.82) is 0 Å². The fourth-order valence-corrected chi connectivity index (χ4v) is 1.98. The molecule has 1 atom stereocenters. The molecule has 0 aliphatic rings. The zero-order valence-electron chi connectivity index (χ0n) is 9.98. The molecule has 5 heteroatoms. The third kappa shape index (κ3) is 2.38. The molecule has 18 heavy (non-hydrogen) atoms. The zero-order chi connectivity index (χ0) is 13.3. The topological polar surface area (TPSA) is 59.4 Å². The smallest absolute Gasteiger partial charge is 0.344 e. The number of hydrogen-bond acceptors (Lipinski definition) is 3. The van der Waals surface area contributed by atoms with Crippen LogP contribution < -0.4 is 4.74 Å². The number of aliphatic carboxylic acids is 1. The molecule has 0 saturated heterocycles. The molecule has 1 unspecified atom stereocenters. The predicted octanol–water partition coefficient (Wildman–Crippen LogP) is 3.05. The summed E-state index contributed by atoms with van der Waals surface area (Å²) < 4.78 is 5.40. The molecule has 1 aromatic heterocycles. The highest BCUT2D eigenvalue weighted by atomic mass is 35.5. The van der Waals surface area contributed by atoms with Crippen LogP contribution in [0, 0.1) is 6.92 Å². The Labute approximate surface area is 109 Å². The largest absolute Gasteiger partial charge is 0.479 e. The molecule has 0 amide bonds. The Morgan fingerprint density at radius 1 is 1.50 bits per heavy atom. The summed E-state index contributed by atoms with van der Waals surface area (Å²) in [4.78, 5) is 15.1. The number of aromatic nitrogens is 1. The molecule has 0 spiro atoms. The van der Waals surface area contributed by atoms with Gasteiger partial charge in [-0.05, 0) is 37.6 Å². The Balaban J connectivity index is 2.54. The number of pyridine rings is 1. The Bertz CT molecular complexity index is 612. The number of carboxylic acids is 1. The minimum atomic E-state index is -1.02. The lowest BCUT2D eigenvalue weighted by Crippen LogP contribution is -2.23. The first kappa shape index (κ1) is 12.6. The Hall–Kier alpha value is -1.81. The Kier molecular flexibility index (Phi) is 3.39. The average Bonchev–Trinajstić information content (AvgIpc) is 2.29. The van der Waals surface area contributed by atoms with Crippen LogP contribution in [-0.2, 0) is 4.79 Å². The van der Waals surface area contributed by atoms with E-state index in [1.165, 1.54) is 6.92 Å². The van der Waals surface area contributed by atoms with Gasteiger partial charge in [0.1, 0.15) is 5.75 Å². The van der Waals surface area contributed by atoms with Crippen molar-refractivity contribution < 1.29 is 14.6 Å². The summed E-state index contributed by atoms with van der Waals surface area (Å²) in [6.07, 6.45) is 0.669. The second kappa shape index (κ2) is 4.82. The first-order chi connectivity index (χ1) is 8.49. The van der Waals surface area contributed by atoms with Gasteiger partial charge in [0.05, 0.1) is 5.52 Å². The number of hydrogen-bond donors (Lipinski definition) is 1. The van der Waals surface area contributed by atoms with E-state index in [9.17, 15) is 4.79 Å². The van der Waals surface area contributed by atoms with E-state index in [1.54, 1.807) is 24.4 Å². The van der Waals surface area contributed by atoms with Gasteiger partial charge >= 0.3 is 5.97 Å². The number of carboxylic acid groups (broad SMARTS) is 1. The van der Waals surface area contributed by atoms with Gasteiger partial charge in [-0.25, -0.2) is 4.79 Å². The maximum absolute atomic E-state index is 10.8. The summed E-state index contributed by atoms with van der Waals surface area (Å²) in [6.45, 7) is 3.37. The fraction of sp³-hybridized carbons (Fsp3) is 0.231. The van der Waals surface area contributed by atoms with Crippen molar-refractivity contribution in [2.45, 2.75) is 20.0 Å². The van der Waals surface area contributed by atoms with Gasteiger partial charge in [0.15, 0.2) is 6.10 Å². The highest BCUT2D eigenvalue weighted by molar-refractivity contribution is 6.31. The third-order valence-electron chi connectivity index (χ3n) is 2.61. The highest BCUT2D eigenvalue weighted by Gasteiger charge is 2.15. The molecule has 2 aromatic rings. The lowest BCUT2D eigenvalue weighted by Gasteiger charge is -2.13. The van der Waals surface area contributed by atoms with Crippen LogP contribution in [0.2, 0.25) is 5.02 Å². The minimum absolute atomic E-state index is 0.473. The van der Waals surface area contributed by atoms with Gasteiger partial charge < -0.3 is 9.84 Å². The lowest BCUT2D eigenvalue weighted by molar-refractivity contribution is -0.144.